The molecule has 2 fully saturated rings. The van der Waals surface area contributed by atoms with E-state index in [0.717, 1.165) is 61.2 Å². The lowest BCUT2D eigenvalue weighted by Crippen LogP contribution is -2.33. The summed E-state index contributed by atoms with van der Waals surface area (Å²) in [5, 5.41) is 7.61. The zero-order valence-corrected chi connectivity index (χ0v) is 18.2. The third kappa shape index (κ3) is 4.35. The van der Waals surface area contributed by atoms with Crippen LogP contribution < -0.4 is 10.1 Å². The summed E-state index contributed by atoms with van der Waals surface area (Å²) in [5.41, 5.74) is 2.68. The number of hydrogen-bond donors (Lipinski definition) is 1. The highest BCUT2D eigenvalue weighted by molar-refractivity contribution is 6.16. The molecule has 2 saturated carbocycles. The fraction of sp³-hybridized carbons (Fsp3) is 0.458. The second-order valence-corrected chi connectivity index (χ2v) is 8.59. The highest BCUT2D eigenvalue weighted by atomic mass is 16.5. The number of aliphatic imine (C=N–C) groups is 2. The van der Waals surface area contributed by atoms with Crippen LogP contribution in [0.3, 0.4) is 0 Å². The first-order valence-electron chi connectivity index (χ1n) is 11.4. The summed E-state index contributed by atoms with van der Waals surface area (Å²) in [4.78, 5) is 34.3. The van der Waals surface area contributed by atoms with E-state index in [4.69, 9.17) is 4.74 Å². The number of carbonyl (C=O) groups is 2. The Bertz CT molecular complexity index is 1100. The fourth-order valence-corrected chi connectivity index (χ4v) is 4.28. The molecule has 1 N–H and O–H groups in total. The van der Waals surface area contributed by atoms with Crippen molar-refractivity contribution in [3.8, 4) is 5.75 Å². The van der Waals surface area contributed by atoms with E-state index >= 15 is 0 Å². The molecule has 32 heavy (non-hydrogen) atoms. The zero-order valence-electron chi connectivity index (χ0n) is 18.2. The lowest BCUT2D eigenvalue weighted by Gasteiger charge is -2.24. The van der Waals surface area contributed by atoms with Gasteiger partial charge in [0.25, 0.3) is 11.9 Å². The van der Waals surface area contributed by atoms with E-state index in [1.807, 2.05) is 37.3 Å². The van der Waals surface area contributed by atoms with Crippen LogP contribution in [0.1, 0.15) is 62.6 Å². The molecular formula is C24H27N5O3. The zero-order chi connectivity index (χ0) is 22.1. The van der Waals surface area contributed by atoms with Crippen LogP contribution in [0.15, 0.2) is 40.3 Å². The minimum absolute atomic E-state index is 0.153. The molecule has 0 spiro atoms. The van der Waals surface area contributed by atoms with Crippen molar-refractivity contribution in [2.24, 2.45) is 15.9 Å². The number of carbonyl (C=O) groups excluding carboxylic acids is 2. The number of nitrogens with zero attached hydrogens (tertiary/aromatic N) is 4. The fourth-order valence-electron chi connectivity index (χ4n) is 4.28. The molecule has 2 heterocycles. The van der Waals surface area contributed by atoms with Gasteiger partial charge in [0.2, 0.25) is 5.91 Å². The number of rotatable bonds is 6. The Morgan fingerprint density at radius 2 is 1.97 bits per heavy atom. The molecule has 0 radical (unpaired) electrons. The van der Waals surface area contributed by atoms with Crippen molar-refractivity contribution in [2.75, 3.05) is 11.9 Å². The first-order chi connectivity index (χ1) is 15.6. The van der Waals surface area contributed by atoms with E-state index in [1.54, 1.807) is 0 Å². The van der Waals surface area contributed by atoms with E-state index in [9.17, 15) is 9.59 Å². The van der Waals surface area contributed by atoms with Gasteiger partial charge in [-0.1, -0.05) is 18.6 Å². The molecule has 5 rings (SSSR count). The SMILES string of the molecule is CCOc1ccc(CC(=O)Nc2cc(C3CC3)nn2C2=NC(=O)C3CCCCC3=N2)cc1. The second-order valence-electron chi connectivity index (χ2n) is 8.59. The van der Waals surface area contributed by atoms with Gasteiger partial charge >= 0.3 is 0 Å². The maximum absolute atomic E-state index is 12.8. The van der Waals surface area contributed by atoms with Crippen molar-refractivity contribution < 1.29 is 14.3 Å². The van der Waals surface area contributed by atoms with E-state index in [-0.39, 0.29) is 30.1 Å². The number of amides is 2. The second kappa shape index (κ2) is 8.68. The smallest absolute Gasteiger partial charge is 0.257 e. The molecule has 1 unspecified atom stereocenters. The van der Waals surface area contributed by atoms with Crippen LogP contribution >= 0.6 is 0 Å². The number of benzene rings is 1. The number of nitrogens with one attached hydrogen (secondary N) is 1. The van der Waals surface area contributed by atoms with Crippen LogP contribution in [-0.4, -0.2) is 39.9 Å². The van der Waals surface area contributed by atoms with Gasteiger partial charge in [-0.15, -0.1) is 0 Å². The van der Waals surface area contributed by atoms with Crippen LogP contribution in [0.4, 0.5) is 5.82 Å². The Kier molecular flexibility index (Phi) is 5.59. The van der Waals surface area contributed by atoms with Gasteiger partial charge in [-0.25, -0.2) is 4.99 Å². The van der Waals surface area contributed by atoms with Crippen LogP contribution in [0, 0.1) is 5.92 Å². The van der Waals surface area contributed by atoms with Gasteiger partial charge < -0.3 is 10.1 Å². The van der Waals surface area contributed by atoms with Crippen LogP contribution in [0.2, 0.25) is 0 Å². The lowest BCUT2D eigenvalue weighted by atomic mass is 9.86. The summed E-state index contributed by atoms with van der Waals surface area (Å²) >= 11 is 0. The van der Waals surface area contributed by atoms with Gasteiger partial charge in [-0.3, -0.25) is 9.59 Å². The van der Waals surface area contributed by atoms with Crippen molar-refractivity contribution in [3.63, 3.8) is 0 Å². The number of hydrogen-bond acceptors (Lipinski definition) is 5. The maximum atomic E-state index is 12.8. The average Bonchev–Trinajstić information content (AvgIpc) is 3.56. The molecule has 8 heteroatoms. The Labute approximate surface area is 186 Å². The van der Waals surface area contributed by atoms with Gasteiger partial charge in [0.05, 0.1) is 24.6 Å². The first kappa shape index (κ1) is 20.6. The summed E-state index contributed by atoms with van der Waals surface area (Å²) in [6, 6.07) is 9.38. The number of aromatic nitrogens is 2. The van der Waals surface area contributed by atoms with Crippen molar-refractivity contribution in [1.82, 2.24) is 9.78 Å². The third-order valence-corrected chi connectivity index (χ3v) is 6.11. The summed E-state index contributed by atoms with van der Waals surface area (Å²) < 4.78 is 6.98. The van der Waals surface area contributed by atoms with Crippen LogP contribution in [0.25, 0.3) is 0 Å². The summed E-state index contributed by atoms with van der Waals surface area (Å²) in [5.74, 6) is 1.43. The van der Waals surface area contributed by atoms with Gasteiger partial charge in [-0.05, 0) is 56.7 Å². The van der Waals surface area contributed by atoms with Crippen LogP contribution in [0.5, 0.6) is 5.75 Å². The maximum Gasteiger partial charge on any atom is 0.257 e. The van der Waals surface area contributed by atoms with E-state index in [1.165, 1.54) is 4.68 Å². The Morgan fingerprint density at radius 3 is 2.72 bits per heavy atom. The van der Waals surface area contributed by atoms with Crippen molar-refractivity contribution >= 4 is 29.3 Å². The molecule has 1 atom stereocenters. The quantitative estimate of drug-likeness (QED) is 0.751. The standard InChI is InChI=1S/C24H27N5O3/c1-2-32-17-11-7-15(8-12-17)13-22(30)26-21-14-20(16-9-10-16)28-29(21)24-25-19-6-4-3-5-18(19)23(31)27-24/h7-8,11-12,14,16,18H,2-6,9-10,13H2,1H3,(H,26,30). The minimum atomic E-state index is -0.191. The molecule has 1 aromatic heterocycles. The number of anilines is 1. The Hall–Kier alpha value is -3.29. The summed E-state index contributed by atoms with van der Waals surface area (Å²) in [6.07, 6.45) is 6.07. The molecule has 1 aliphatic heterocycles. The largest absolute Gasteiger partial charge is 0.494 e. The molecule has 3 aliphatic rings. The van der Waals surface area contributed by atoms with E-state index in [2.05, 4.69) is 20.4 Å². The highest BCUT2D eigenvalue weighted by Gasteiger charge is 2.33. The van der Waals surface area contributed by atoms with Gasteiger partial charge in [0.15, 0.2) is 0 Å². The van der Waals surface area contributed by atoms with Crippen molar-refractivity contribution in [1.29, 1.82) is 0 Å². The lowest BCUT2D eigenvalue weighted by molar-refractivity contribution is -0.120. The summed E-state index contributed by atoms with van der Waals surface area (Å²) in [6.45, 7) is 2.54. The predicted molar refractivity (Wildman–Crippen MR) is 121 cm³/mol. The Balaban J connectivity index is 1.36. The summed E-state index contributed by atoms with van der Waals surface area (Å²) in [7, 11) is 0. The first-order valence-corrected chi connectivity index (χ1v) is 11.4. The van der Waals surface area contributed by atoms with Gasteiger partial charge in [0, 0.05) is 17.7 Å². The van der Waals surface area contributed by atoms with E-state index < -0.39 is 0 Å². The van der Waals surface area contributed by atoms with Crippen molar-refractivity contribution in [2.45, 2.75) is 57.8 Å². The third-order valence-electron chi connectivity index (χ3n) is 6.11. The van der Waals surface area contributed by atoms with E-state index in [0.29, 0.717) is 18.3 Å². The Morgan fingerprint density at radius 1 is 1.16 bits per heavy atom. The number of fused-ring (bicyclic) bond motifs is 1. The minimum Gasteiger partial charge on any atom is -0.494 e. The average molecular weight is 434 g/mol. The molecule has 0 bridgehead atoms. The molecule has 0 saturated heterocycles. The molecule has 8 nitrogen and oxygen atoms in total. The molecule has 2 aliphatic carbocycles. The normalized spacial score (nSPS) is 20.3. The molecule has 2 amide bonds. The van der Waals surface area contributed by atoms with Gasteiger partial charge in [0.1, 0.15) is 11.6 Å². The predicted octanol–water partition coefficient (Wildman–Crippen LogP) is 3.72. The van der Waals surface area contributed by atoms with Crippen molar-refractivity contribution in [3.05, 3.63) is 41.6 Å². The van der Waals surface area contributed by atoms with Gasteiger partial charge in [-0.2, -0.15) is 14.8 Å². The highest BCUT2D eigenvalue weighted by Crippen LogP contribution is 2.40. The topological polar surface area (TPSA) is 97.9 Å². The monoisotopic (exact) mass is 433 g/mol. The molecule has 166 valence electrons. The molecular weight excluding hydrogens is 406 g/mol. The molecule has 2 aromatic rings. The number of ether oxygens (including phenoxy) is 1. The van der Waals surface area contributed by atoms with Crippen LogP contribution in [-0.2, 0) is 16.0 Å². The molecule has 1 aromatic carbocycles.